The lowest BCUT2D eigenvalue weighted by Gasteiger charge is -2.37. The number of hydrogen-bond donors (Lipinski definition) is 4. The molecule has 0 saturated carbocycles. The van der Waals surface area contributed by atoms with Gasteiger partial charge in [0.2, 0.25) is 5.95 Å². The average molecular weight is 473 g/mol. The topological polar surface area (TPSA) is 121 Å². The Morgan fingerprint density at radius 2 is 2.06 bits per heavy atom. The minimum absolute atomic E-state index is 0.216. The van der Waals surface area contributed by atoms with Crippen molar-refractivity contribution in [2.75, 3.05) is 17.6 Å². The Morgan fingerprint density at radius 3 is 2.77 bits per heavy atom. The summed E-state index contributed by atoms with van der Waals surface area (Å²) in [6.45, 7) is 8.63. The summed E-state index contributed by atoms with van der Waals surface area (Å²) in [7, 11) is 0. The Morgan fingerprint density at radius 1 is 1.26 bits per heavy atom. The summed E-state index contributed by atoms with van der Waals surface area (Å²) in [5, 5.41) is 19.0. The molecule has 0 radical (unpaired) electrons. The molecule has 2 atom stereocenters. The largest absolute Gasteiger partial charge is 0.383 e. The molecule has 5 rings (SSSR count). The Hall–Kier alpha value is -3.69. The summed E-state index contributed by atoms with van der Waals surface area (Å²) < 4.78 is 1.92. The molecule has 182 valence electrons. The number of nitrogens with zero attached hydrogens (tertiary/aromatic N) is 5. The van der Waals surface area contributed by atoms with E-state index in [1.165, 1.54) is 0 Å². The van der Waals surface area contributed by atoms with Crippen LogP contribution in [0, 0.1) is 13.8 Å². The van der Waals surface area contributed by atoms with Crippen molar-refractivity contribution >= 4 is 28.5 Å². The van der Waals surface area contributed by atoms with E-state index in [0.717, 1.165) is 65.9 Å². The number of piperidine rings is 1. The van der Waals surface area contributed by atoms with E-state index in [-0.39, 0.29) is 6.04 Å². The molecule has 0 amide bonds. The highest BCUT2D eigenvalue weighted by molar-refractivity contribution is 5.90. The number of anilines is 3. The molecule has 4 aromatic rings. The van der Waals surface area contributed by atoms with Gasteiger partial charge in [0.15, 0.2) is 0 Å². The molecule has 2 unspecified atom stereocenters. The van der Waals surface area contributed by atoms with E-state index >= 15 is 0 Å². The predicted molar refractivity (Wildman–Crippen MR) is 139 cm³/mol. The highest BCUT2D eigenvalue weighted by Crippen LogP contribution is 2.29. The van der Waals surface area contributed by atoms with Gasteiger partial charge >= 0.3 is 0 Å². The number of benzene rings is 1. The van der Waals surface area contributed by atoms with Crippen LogP contribution in [0.15, 0.2) is 49.2 Å². The molecule has 35 heavy (non-hydrogen) atoms. The average Bonchev–Trinajstić information content (AvgIpc) is 3.41. The third-order valence-electron chi connectivity index (χ3n) is 6.70. The van der Waals surface area contributed by atoms with Crippen molar-refractivity contribution in [1.82, 2.24) is 29.6 Å². The molecule has 0 bridgehead atoms. The van der Waals surface area contributed by atoms with Gasteiger partial charge in [0.25, 0.3) is 0 Å². The third kappa shape index (κ3) is 4.65. The summed E-state index contributed by atoms with van der Waals surface area (Å²) in [4.78, 5) is 14.6. The maximum atomic E-state index is 10.4. The summed E-state index contributed by atoms with van der Waals surface area (Å²) >= 11 is 0. The second kappa shape index (κ2) is 9.52. The molecule has 9 nitrogen and oxygen atoms in total. The molecule has 1 aromatic carbocycles. The fraction of sp³-hybridized carbons (Fsp3) is 0.346. The van der Waals surface area contributed by atoms with E-state index in [1.807, 2.05) is 49.0 Å². The van der Waals surface area contributed by atoms with Crippen molar-refractivity contribution in [2.45, 2.75) is 51.8 Å². The molecule has 1 aliphatic heterocycles. The van der Waals surface area contributed by atoms with Crippen molar-refractivity contribution in [3.05, 3.63) is 66.1 Å². The number of fused-ring (bicyclic) bond motifs is 1. The van der Waals surface area contributed by atoms with Crippen LogP contribution in [0.5, 0.6) is 0 Å². The Bertz CT molecular complexity index is 1340. The maximum absolute atomic E-state index is 10.4. The van der Waals surface area contributed by atoms with E-state index in [2.05, 4.69) is 42.9 Å². The van der Waals surface area contributed by atoms with Crippen LogP contribution in [0.3, 0.4) is 0 Å². The zero-order valence-corrected chi connectivity index (χ0v) is 20.2. The number of aliphatic hydroxyl groups is 1. The van der Waals surface area contributed by atoms with Gasteiger partial charge in [0, 0.05) is 30.2 Å². The number of hydrogen-bond acceptors (Lipinski definition) is 7. The molecule has 1 aliphatic rings. The predicted octanol–water partition coefficient (Wildman–Crippen LogP) is 3.99. The van der Waals surface area contributed by atoms with Gasteiger partial charge in [-0.05, 0) is 75.1 Å². The molecule has 4 heterocycles. The van der Waals surface area contributed by atoms with Crippen LogP contribution < -0.4 is 11.1 Å². The lowest BCUT2D eigenvalue weighted by atomic mass is 9.95. The standard InChI is InChI=1S/C26H32N8O/c1-4-22(35)33-12-6-5-7-21(33)14-18-15-28-25-23(18)24(27)30-26(31-25)29-19-8-10-20(11-9-19)34-17(3)13-16(2)32-34/h4,8-11,13,15,21-22,35H,1,5-7,12,14H2,2-3H3,(H4,27,28,29,30,31). The molecule has 3 aromatic heterocycles. The molecule has 5 N–H and O–H groups in total. The first kappa shape index (κ1) is 23.1. The van der Waals surface area contributed by atoms with Gasteiger partial charge in [-0.15, -0.1) is 0 Å². The zero-order valence-electron chi connectivity index (χ0n) is 20.2. The first-order valence-electron chi connectivity index (χ1n) is 12.0. The monoisotopic (exact) mass is 472 g/mol. The normalized spacial score (nSPS) is 17.5. The van der Waals surface area contributed by atoms with Crippen molar-refractivity contribution in [3.8, 4) is 5.69 Å². The van der Waals surface area contributed by atoms with Crippen LogP contribution in [-0.4, -0.2) is 53.6 Å². The minimum atomic E-state index is -0.637. The molecule has 1 fully saturated rings. The van der Waals surface area contributed by atoms with Crippen LogP contribution >= 0.6 is 0 Å². The van der Waals surface area contributed by atoms with E-state index in [0.29, 0.717) is 17.4 Å². The summed E-state index contributed by atoms with van der Waals surface area (Å²) in [5.74, 6) is 0.864. The lowest BCUT2D eigenvalue weighted by Crippen LogP contribution is -2.46. The van der Waals surface area contributed by atoms with Crippen molar-refractivity contribution in [1.29, 1.82) is 0 Å². The van der Waals surface area contributed by atoms with Gasteiger partial charge in [0.05, 0.1) is 16.8 Å². The van der Waals surface area contributed by atoms with Crippen molar-refractivity contribution < 1.29 is 5.11 Å². The van der Waals surface area contributed by atoms with Crippen molar-refractivity contribution in [3.63, 3.8) is 0 Å². The van der Waals surface area contributed by atoms with Gasteiger partial charge < -0.3 is 21.1 Å². The van der Waals surface area contributed by atoms with Crippen LogP contribution in [0.25, 0.3) is 16.7 Å². The van der Waals surface area contributed by atoms with E-state index in [1.54, 1.807) is 6.08 Å². The van der Waals surface area contributed by atoms with E-state index < -0.39 is 6.23 Å². The number of nitrogens with two attached hydrogens (primary N) is 1. The first-order chi connectivity index (χ1) is 16.9. The SMILES string of the molecule is C=CC(O)N1CCCCC1Cc1c[nH]c2nc(Nc3ccc(-n4nc(C)cc4C)cc3)nc(N)c12. The maximum Gasteiger partial charge on any atom is 0.231 e. The molecule has 0 spiro atoms. The van der Waals surface area contributed by atoms with Gasteiger partial charge in [-0.3, -0.25) is 4.90 Å². The minimum Gasteiger partial charge on any atom is -0.383 e. The molecular formula is C26H32N8O. The molecule has 1 saturated heterocycles. The number of aliphatic hydroxyl groups excluding tert-OH is 1. The summed E-state index contributed by atoms with van der Waals surface area (Å²) in [6, 6.07) is 10.2. The number of aromatic nitrogens is 5. The summed E-state index contributed by atoms with van der Waals surface area (Å²) in [5.41, 5.74) is 12.1. The van der Waals surface area contributed by atoms with Crippen LogP contribution in [0.1, 0.15) is 36.2 Å². The number of aryl methyl sites for hydroxylation is 2. The zero-order chi connectivity index (χ0) is 24.5. The second-order valence-corrected chi connectivity index (χ2v) is 9.22. The molecular weight excluding hydrogens is 440 g/mol. The summed E-state index contributed by atoms with van der Waals surface area (Å²) in [6.07, 6.45) is 6.92. The Labute approximate surface area is 204 Å². The smallest absolute Gasteiger partial charge is 0.231 e. The van der Waals surface area contributed by atoms with Gasteiger partial charge in [0.1, 0.15) is 17.7 Å². The van der Waals surface area contributed by atoms with Gasteiger partial charge in [-0.2, -0.15) is 15.1 Å². The van der Waals surface area contributed by atoms with Crippen molar-refractivity contribution in [2.24, 2.45) is 0 Å². The number of rotatable bonds is 7. The second-order valence-electron chi connectivity index (χ2n) is 9.22. The number of H-pyrrole nitrogens is 1. The third-order valence-corrected chi connectivity index (χ3v) is 6.70. The highest BCUT2D eigenvalue weighted by Gasteiger charge is 2.27. The Kier molecular flexibility index (Phi) is 6.27. The lowest BCUT2D eigenvalue weighted by molar-refractivity contribution is -0.00854. The number of nitrogens with one attached hydrogen (secondary N) is 2. The highest BCUT2D eigenvalue weighted by atomic mass is 16.3. The Balaban J connectivity index is 1.35. The van der Waals surface area contributed by atoms with Crippen LogP contribution in [0.2, 0.25) is 0 Å². The number of likely N-dealkylation sites (tertiary alicyclic amines) is 1. The van der Waals surface area contributed by atoms with Crippen LogP contribution in [-0.2, 0) is 6.42 Å². The molecule has 0 aliphatic carbocycles. The van der Waals surface area contributed by atoms with Crippen LogP contribution in [0.4, 0.5) is 17.5 Å². The molecule has 9 heteroatoms. The van der Waals surface area contributed by atoms with E-state index in [4.69, 9.17) is 5.73 Å². The van der Waals surface area contributed by atoms with Gasteiger partial charge in [-0.25, -0.2) is 4.68 Å². The fourth-order valence-corrected chi connectivity index (χ4v) is 5.03. The number of nitrogen functional groups attached to an aromatic ring is 1. The van der Waals surface area contributed by atoms with E-state index in [9.17, 15) is 5.11 Å². The quantitative estimate of drug-likeness (QED) is 0.300. The van der Waals surface area contributed by atoms with Gasteiger partial charge in [-0.1, -0.05) is 13.0 Å². The first-order valence-corrected chi connectivity index (χ1v) is 12.0. The fourth-order valence-electron chi connectivity index (χ4n) is 5.03. The number of aromatic amines is 1.